The molecule has 0 fully saturated rings. The molecule has 6 aromatic carbocycles. The highest BCUT2D eigenvalue weighted by atomic mass is 15.0. The largest absolute Gasteiger partial charge is 0.309 e. The second-order valence-electron chi connectivity index (χ2n) is 12.5. The van der Waals surface area contributed by atoms with Gasteiger partial charge in [0.05, 0.1) is 11.0 Å². The van der Waals surface area contributed by atoms with Crippen LogP contribution in [0.15, 0.2) is 146 Å². The Kier molecular flexibility index (Phi) is 5.81. The molecular weight excluding hydrogens is 560 g/mol. The van der Waals surface area contributed by atoms with Gasteiger partial charge in [-0.15, -0.1) is 0 Å². The molecule has 4 nitrogen and oxygen atoms in total. The van der Waals surface area contributed by atoms with Crippen LogP contribution in [0.3, 0.4) is 0 Å². The second-order valence-corrected chi connectivity index (χ2v) is 12.5. The Hall–Kier alpha value is -5.87. The van der Waals surface area contributed by atoms with Gasteiger partial charge in [0.25, 0.3) is 0 Å². The lowest BCUT2D eigenvalue weighted by molar-refractivity contribution is 0.666. The minimum atomic E-state index is -0.116. The summed E-state index contributed by atoms with van der Waals surface area (Å²) in [4.78, 5) is 14.9. The monoisotopic (exact) mass is 590 g/mol. The summed E-state index contributed by atoms with van der Waals surface area (Å²) in [7, 11) is 0. The molecular formula is C42H30N4. The number of benzene rings is 6. The molecule has 0 N–H and O–H groups in total. The van der Waals surface area contributed by atoms with E-state index in [1.54, 1.807) is 0 Å². The van der Waals surface area contributed by atoms with Crippen LogP contribution in [0.4, 0.5) is 0 Å². The average molecular weight is 591 g/mol. The molecule has 0 atom stereocenters. The number of hydrogen-bond acceptors (Lipinski definition) is 3. The topological polar surface area (TPSA) is 43.6 Å². The SMILES string of the molecule is CC1(C)c2ccccc2-c2ccc3c(c21)c1ccccc1n3-c1cccc(-c2nc(-c3ccccc3)nc(-c3ccccc3)n2)c1. The van der Waals surface area contributed by atoms with E-state index in [9.17, 15) is 0 Å². The van der Waals surface area contributed by atoms with Crippen LogP contribution in [-0.4, -0.2) is 19.5 Å². The van der Waals surface area contributed by atoms with Crippen molar-refractivity contribution >= 4 is 21.8 Å². The Morgan fingerprint density at radius 1 is 0.478 bits per heavy atom. The van der Waals surface area contributed by atoms with Crippen LogP contribution in [0.2, 0.25) is 0 Å². The summed E-state index contributed by atoms with van der Waals surface area (Å²) in [6.45, 7) is 4.72. The van der Waals surface area contributed by atoms with Gasteiger partial charge in [0.15, 0.2) is 17.5 Å². The maximum absolute atomic E-state index is 5.00. The summed E-state index contributed by atoms with van der Waals surface area (Å²) in [6, 6.07) is 51.1. The Balaban J connectivity index is 1.27. The van der Waals surface area contributed by atoms with Crippen molar-refractivity contribution in [1.82, 2.24) is 19.5 Å². The Morgan fingerprint density at radius 2 is 1.07 bits per heavy atom. The highest BCUT2D eigenvalue weighted by Gasteiger charge is 2.38. The first-order valence-corrected chi connectivity index (χ1v) is 15.7. The maximum Gasteiger partial charge on any atom is 0.164 e. The zero-order valence-corrected chi connectivity index (χ0v) is 25.6. The van der Waals surface area contributed by atoms with Crippen molar-refractivity contribution in [2.24, 2.45) is 0 Å². The quantitative estimate of drug-likeness (QED) is 0.205. The van der Waals surface area contributed by atoms with Crippen molar-refractivity contribution in [3.63, 3.8) is 0 Å². The van der Waals surface area contributed by atoms with E-state index in [-0.39, 0.29) is 5.41 Å². The predicted octanol–water partition coefficient (Wildman–Crippen LogP) is 10.3. The van der Waals surface area contributed by atoms with Gasteiger partial charge in [-0.2, -0.15) is 0 Å². The number of fused-ring (bicyclic) bond motifs is 7. The fraction of sp³-hybridized carbons (Fsp3) is 0.0714. The van der Waals surface area contributed by atoms with E-state index >= 15 is 0 Å². The molecule has 8 aromatic rings. The van der Waals surface area contributed by atoms with Gasteiger partial charge in [-0.3, -0.25) is 0 Å². The van der Waals surface area contributed by atoms with E-state index in [4.69, 9.17) is 15.0 Å². The smallest absolute Gasteiger partial charge is 0.164 e. The van der Waals surface area contributed by atoms with Crippen LogP contribution >= 0.6 is 0 Å². The summed E-state index contributed by atoms with van der Waals surface area (Å²) < 4.78 is 2.39. The molecule has 0 spiro atoms. The zero-order valence-electron chi connectivity index (χ0n) is 25.6. The van der Waals surface area contributed by atoms with Crippen LogP contribution in [0, 0.1) is 0 Å². The van der Waals surface area contributed by atoms with Crippen molar-refractivity contribution in [3.05, 3.63) is 157 Å². The fourth-order valence-corrected chi connectivity index (χ4v) is 7.33. The van der Waals surface area contributed by atoms with Gasteiger partial charge in [0.1, 0.15) is 0 Å². The van der Waals surface area contributed by atoms with Gasteiger partial charge in [-0.1, -0.05) is 135 Å². The normalized spacial score (nSPS) is 13.2. The van der Waals surface area contributed by atoms with E-state index in [2.05, 4.69) is 103 Å². The van der Waals surface area contributed by atoms with Crippen LogP contribution in [0.25, 0.3) is 72.8 Å². The molecule has 0 aliphatic heterocycles. The van der Waals surface area contributed by atoms with E-state index in [0.29, 0.717) is 17.5 Å². The molecule has 2 heterocycles. The van der Waals surface area contributed by atoms with E-state index < -0.39 is 0 Å². The first-order valence-electron chi connectivity index (χ1n) is 15.7. The first kappa shape index (κ1) is 26.5. The van der Waals surface area contributed by atoms with Gasteiger partial charge in [0, 0.05) is 38.6 Å². The van der Waals surface area contributed by atoms with Crippen molar-refractivity contribution < 1.29 is 0 Å². The van der Waals surface area contributed by atoms with Gasteiger partial charge < -0.3 is 4.57 Å². The van der Waals surface area contributed by atoms with Crippen molar-refractivity contribution in [3.8, 4) is 51.0 Å². The highest BCUT2D eigenvalue weighted by molar-refractivity contribution is 6.14. The van der Waals surface area contributed by atoms with Crippen LogP contribution in [0.5, 0.6) is 0 Å². The van der Waals surface area contributed by atoms with Crippen molar-refractivity contribution in [1.29, 1.82) is 0 Å². The van der Waals surface area contributed by atoms with E-state index in [1.807, 2.05) is 60.7 Å². The molecule has 0 amide bonds. The molecule has 2 aromatic heterocycles. The zero-order chi connectivity index (χ0) is 30.8. The van der Waals surface area contributed by atoms with Gasteiger partial charge >= 0.3 is 0 Å². The highest BCUT2D eigenvalue weighted by Crippen LogP contribution is 2.53. The molecule has 0 bridgehead atoms. The summed E-state index contributed by atoms with van der Waals surface area (Å²) >= 11 is 0. The molecule has 1 aliphatic carbocycles. The van der Waals surface area contributed by atoms with E-state index in [0.717, 1.165) is 22.4 Å². The average Bonchev–Trinajstić information content (AvgIpc) is 3.57. The Labute approximate surface area is 267 Å². The molecule has 46 heavy (non-hydrogen) atoms. The molecule has 1 aliphatic rings. The number of hydrogen-bond donors (Lipinski definition) is 0. The third-order valence-corrected chi connectivity index (χ3v) is 9.42. The fourth-order valence-electron chi connectivity index (χ4n) is 7.33. The summed E-state index contributed by atoms with van der Waals surface area (Å²) in [5.74, 6) is 1.96. The molecule has 4 heteroatoms. The van der Waals surface area contributed by atoms with Crippen molar-refractivity contribution in [2.45, 2.75) is 19.3 Å². The number of nitrogens with zero attached hydrogens (tertiary/aromatic N) is 4. The number of aromatic nitrogens is 4. The molecule has 218 valence electrons. The first-order chi connectivity index (χ1) is 22.6. The molecule has 9 rings (SSSR count). The van der Waals surface area contributed by atoms with Gasteiger partial charge in [0.2, 0.25) is 0 Å². The molecule has 0 unspecified atom stereocenters. The summed E-state index contributed by atoms with van der Waals surface area (Å²) in [5, 5.41) is 2.58. The van der Waals surface area contributed by atoms with Gasteiger partial charge in [-0.25, -0.2) is 15.0 Å². The maximum atomic E-state index is 5.00. The third kappa shape index (κ3) is 3.97. The van der Waals surface area contributed by atoms with E-state index in [1.165, 1.54) is 44.1 Å². The Bertz CT molecular complexity index is 2380. The molecule has 0 saturated heterocycles. The summed E-state index contributed by atoms with van der Waals surface area (Å²) in [6.07, 6.45) is 0. The van der Waals surface area contributed by atoms with Gasteiger partial charge in [-0.05, 0) is 46.5 Å². The Morgan fingerprint density at radius 3 is 1.78 bits per heavy atom. The lowest BCUT2D eigenvalue weighted by Gasteiger charge is -2.22. The summed E-state index contributed by atoms with van der Waals surface area (Å²) in [5.41, 5.74) is 11.6. The molecule has 0 radical (unpaired) electrons. The van der Waals surface area contributed by atoms with Crippen molar-refractivity contribution in [2.75, 3.05) is 0 Å². The van der Waals surface area contributed by atoms with Crippen LogP contribution < -0.4 is 0 Å². The lowest BCUT2D eigenvalue weighted by Crippen LogP contribution is -2.15. The number of rotatable bonds is 4. The number of para-hydroxylation sites is 1. The van der Waals surface area contributed by atoms with Crippen LogP contribution in [-0.2, 0) is 5.41 Å². The standard InChI is InChI=1S/C42H30N4/c1-42(2)34-22-11-9-20-31(34)32-24-25-36-37(38(32)42)33-21-10-12-23-35(33)46(36)30-19-13-18-29(26-30)41-44-39(27-14-5-3-6-15-27)43-40(45-41)28-16-7-4-8-17-28/h3-26H,1-2H3. The lowest BCUT2D eigenvalue weighted by atomic mass is 9.80. The molecule has 0 saturated carbocycles. The predicted molar refractivity (Wildman–Crippen MR) is 188 cm³/mol. The van der Waals surface area contributed by atoms with Crippen LogP contribution in [0.1, 0.15) is 25.0 Å². The third-order valence-electron chi connectivity index (χ3n) is 9.42. The minimum Gasteiger partial charge on any atom is -0.309 e. The second kappa shape index (κ2) is 10.1. The minimum absolute atomic E-state index is 0.116.